The van der Waals surface area contributed by atoms with Crippen LogP contribution in [0, 0.1) is 0 Å². The van der Waals surface area contributed by atoms with Crippen LogP contribution in [-0.4, -0.2) is 75.0 Å². The quantitative estimate of drug-likeness (QED) is 0.342. The molecule has 0 saturated carbocycles. The molecule has 0 saturated heterocycles. The Kier molecular flexibility index (Phi) is 23.5. The summed E-state index contributed by atoms with van der Waals surface area (Å²) in [5.74, 6) is -1.76. The minimum Gasteiger partial charge on any atom is -0.480 e. The van der Waals surface area contributed by atoms with Crippen molar-refractivity contribution in [2.24, 2.45) is 0 Å². The molecule has 0 aliphatic rings. The van der Waals surface area contributed by atoms with Crippen LogP contribution in [0.5, 0.6) is 0 Å². The topological polar surface area (TPSA) is 141 Å². The van der Waals surface area contributed by atoms with Gasteiger partial charge in [-0.15, -0.1) is 0 Å². The molecule has 0 rings (SSSR count). The zero-order chi connectivity index (χ0) is 18.0. The summed E-state index contributed by atoms with van der Waals surface area (Å²) in [5.41, 5.74) is 0. The first-order valence-electron chi connectivity index (χ1n) is 6.72. The van der Waals surface area contributed by atoms with E-state index in [-0.39, 0.29) is 6.61 Å². The van der Waals surface area contributed by atoms with Crippen molar-refractivity contribution in [1.29, 1.82) is 0 Å². The largest absolute Gasteiger partial charge is 0.480 e. The molecule has 0 heterocycles. The molecule has 0 radical (unpaired) electrons. The second-order valence-corrected chi connectivity index (χ2v) is 5.76. The number of ether oxygens (including phenoxy) is 1. The summed E-state index contributed by atoms with van der Waals surface area (Å²) in [6, 6.07) is 0. The van der Waals surface area contributed by atoms with Crippen molar-refractivity contribution in [3.05, 3.63) is 0 Å². The van der Waals surface area contributed by atoms with E-state index >= 15 is 0 Å². The van der Waals surface area contributed by atoms with Crippen LogP contribution in [0.2, 0.25) is 0 Å². The third-order valence-corrected chi connectivity index (χ3v) is 1.77. The number of unbranched alkanes of at least 4 members (excludes halogenated alkanes) is 3. The molecule has 0 aromatic rings. The molecule has 0 bridgehead atoms. The summed E-state index contributed by atoms with van der Waals surface area (Å²) < 4.78 is 14.3. The number of carbonyl (C=O) groups is 2. The monoisotopic (exact) mass is 344 g/mol. The lowest BCUT2D eigenvalue weighted by Gasteiger charge is -2.05. The molecule has 0 aliphatic carbocycles. The van der Waals surface area contributed by atoms with Crippen LogP contribution in [0.15, 0.2) is 0 Å². The van der Waals surface area contributed by atoms with Gasteiger partial charge in [-0.3, -0.25) is 4.21 Å². The molecule has 0 spiro atoms. The van der Waals surface area contributed by atoms with Gasteiger partial charge in [0.2, 0.25) is 0 Å². The summed E-state index contributed by atoms with van der Waals surface area (Å²) in [6.45, 7) is 1.18. The molecule has 22 heavy (non-hydrogen) atoms. The van der Waals surface area contributed by atoms with E-state index in [1.807, 2.05) is 0 Å². The first kappa shape index (κ1) is 25.9. The highest BCUT2D eigenvalue weighted by Gasteiger charge is 2.08. The smallest absolute Gasteiger partial charge is 0.334 e. The van der Waals surface area contributed by atoms with E-state index in [1.54, 1.807) is 12.5 Å². The highest BCUT2D eigenvalue weighted by molar-refractivity contribution is 7.83. The van der Waals surface area contributed by atoms with Crippen molar-refractivity contribution < 1.29 is 39.0 Å². The standard InChI is InChI=1S/C9H18O4.C2H4O3.C2H6OS/c1-8(11)9(12)13-7-5-3-2-4-6-10;3-1-2(4)5;1-4(2)3/h8,10-11H,2-7H2,1H3;3H,1H2,(H,4,5);1-2H3. The maximum absolute atomic E-state index is 10.7. The molecular weight excluding hydrogens is 316 g/mol. The van der Waals surface area contributed by atoms with E-state index in [9.17, 15) is 9.00 Å². The molecule has 0 aromatic heterocycles. The summed E-state index contributed by atoms with van der Waals surface area (Å²) in [5, 5.41) is 32.2. The van der Waals surface area contributed by atoms with Gasteiger partial charge in [0.1, 0.15) is 12.7 Å². The van der Waals surface area contributed by atoms with Gasteiger partial charge in [-0.05, 0) is 26.2 Å². The van der Waals surface area contributed by atoms with Gasteiger partial charge in [-0.25, -0.2) is 9.59 Å². The van der Waals surface area contributed by atoms with E-state index in [0.29, 0.717) is 6.61 Å². The minimum atomic E-state index is -1.19. The number of hydrogen-bond donors (Lipinski definition) is 4. The fourth-order valence-electron chi connectivity index (χ4n) is 0.861. The van der Waals surface area contributed by atoms with Gasteiger partial charge in [0.05, 0.1) is 6.61 Å². The van der Waals surface area contributed by atoms with Gasteiger partial charge >= 0.3 is 11.9 Å². The van der Waals surface area contributed by atoms with Crippen LogP contribution < -0.4 is 0 Å². The van der Waals surface area contributed by atoms with Gasteiger partial charge < -0.3 is 25.2 Å². The Hall–Kier alpha value is -1.03. The molecule has 1 atom stereocenters. The Morgan fingerprint density at radius 1 is 1.09 bits per heavy atom. The summed E-state index contributed by atoms with van der Waals surface area (Å²) in [4.78, 5) is 19.8. The lowest BCUT2D eigenvalue weighted by molar-refractivity contribution is -0.152. The average Bonchev–Trinajstić information content (AvgIpc) is 2.42. The molecular formula is C13H28O8S. The average molecular weight is 344 g/mol. The zero-order valence-corrected chi connectivity index (χ0v) is 14.2. The van der Waals surface area contributed by atoms with Crippen molar-refractivity contribution >= 4 is 22.7 Å². The van der Waals surface area contributed by atoms with Gasteiger partial charge in [0.25, 0.3) is 0 Å². The van der Waals surface area contributed by atoms with E-state index in [0.717, 1.165) is 25.7 Å². The van der Waals surface area contributed by atoms with Crippen molar-refractivity contribution in [1.82, 2.24) is 0 Å². The van der Waals surface area contributed by atoms with E-state index < -0.39 is 35.4 Å². The molecule has 4 N–H and O–H groups in total. The fourth-order valence-corrected chi connectivity index (χ4v) is 0.861. The Bertz CT molecular complexity index is 290. The number of carboxylic acids is 1. The normalized spacial score (nSPS) is 10.7. The second-order valence-electron chi connectivity index (χ2n) is 4.27. The summed E-state index contributed by atoms with van der Waals surface area (Å²) in [7, 11) is -0.611. The van der Waals surface area contributed by atoms with E-state index in [4.69, 9.17) is 30.0 Å². The van der Waals surface area contributed by atoms with E-state index in [2.05, 4.69) is 0 Å². The zero-order valence-electron chi connectivity index (χ0n) is 13.4. The number of esters is 1. The van der Waals surface area contributed by atoms with Crippen LogP contribution in [0.25, 0.3) is 0 Å². The highest BCUT2D eigenvalue weighted by Crippen LogP contribution is 1.99. The lowest BCUT2D eigenvalue weighted by atomic mass is 10.2. The molecule has 0 aromatic carbocycles. The molecule has 9 heteroatoms. The predicted molar refractivity (Wildman–Crippen MR) is 82.9 cm³/mol. The first-order chi connectivity index (χ1) is 10.2. The molecule has 0 aliphatic heterocycles. The van der Waals surface area contributed by atoms with Gasteiger partial charge in [0, 0.05) is 29.9 Å². The van der Waals surface area contributed by atoms with Gasteiger partial charge in [-0.1, -0.05) is 6.42 Å². The van der Waals surface area contributed by atoms with Crippen LogP contribution in [0.3, 0.4) is 0 Å². The van der Waals surface area contributed by atoms with Crippen LogP contribution in [0.1, 0.15) is 32.6 Å². The van der Waals surface area contributed by atoms with Crippen molar-refractivity contribution in [2.45, 2.75) is 38.7 Å². The molecule has 8 nitrogen and oxygen atoms in total. The number of aliphatic hydroxyl groups is 3. The fraction of sp³-hybridized carbons (Fsp3) is 0.846. The Morgan fingerprint density at radius 2 is 1.50 bits per heavy atom. The number of carbonyl (C=O) groups excluding carboxylic acids is 1. The Labute approximate surface area is 133 Å². The maximum atomic E-state index is 10.7. The summed E-state index contributed by atoms with van der Waals surface area (Å²) >= 11 is 0. The van der Waals surface area contributed by atoms with E-state index in [1.165, 1.54) is 6.92 Å². The van der Waals surface area contributed by atoms with Gasteiger partial charge in [-0.2, -0.15) is 0 Å². The first-order valence-corrected chi connectivity index (χ1v) is 8.68. The van der Waals surface area contributed by atoms with Crippen molar-refractivity contribution in [2.75, 3.05) is 32.3 Å². The highest BCUT2D eigenvalue weighted by atomic mass is 32.2. The number of hydrogen-bond acceptors (Lipinski definition) is 7. The Balaban J connectivity index is -0.000000330. The molecule has 1 unspecified atom stereocenters. The third-order valence-electron chi connectivity index (χ3n) is 1.77. The number of rotatable bonds is 8. The SMILES string of the molecule is CC(O)C(=O)OCCCCCCO.CS(C)=O.O=C(O)CO. The Morgan fingerprint density at radius 3 is 1.82 bits per heavy atom. The number of aliphatic hydroxyl groups excluding tert-OH is 3. The van der Waals surface area contributed by atoms with Crippen LogP contribution in [-0.2, 0) is 25.1 Å². The van der Waals surface area contributed by atoms with Crippen LogP contribution >= 0.6 is 0 Å². The molecule has 134 valence electrons. The number of aliphatic carboxylic acids is 1. The second kappa shape index (κ2) is 20.0. The van der Waals surface area contributed by atoms with Gasteiger partial charge in [0.15, 0.2) is 0 Å². The molecule has 0 fully saturated rings. The van der Waals surface area contributed by atoms with Crippen molar-refractivity contribution in [3.8, 4) is 0 Å². The summed E-state index contributed by atoms with van der Waals surface area (Å²) in [6.07, 6.45) is 5.72. The van der Waals surface area contributed by atoms with Crippen molar-refractivity contribution in [3.63, 3.8) is 0 Å². The number of carboxylic acid groups (broad SMARTS) is 1. The minimum absolute atomic E-state index is 0.216. The molecule has 0 amide bonds. The lowest BCUT2D eigenvalue weighted by Crippen LogP contribution is -2.19. The third kappa shape index (κ3) is 36.4. The van der Waals surface area contributed by atoms with Crippen LogP contribution in [0.4, 0.5) is 0 Å². The predicted octanol–water partition coefficient (Wildman–Crippen LogP) is -0.479. The maximum Gasteiger partial charge on any atom is 0.334 e.